The van der Waals surface area contributed by atoms with Gasteiger partial charge in [-0.3, -0.25) is 0 Å². The number of ether oxygens (including phenoxy) is 1. The number of para-hydroxylation sites is 2. The number of benzene rings is 2. The third kappa shape index (κ3) is 4.74. The largest absolute Gasteiger partial charge is 0.495 e. The van der Waals surface area contributed by atoms with E-state index in [1.807, 2.05) is 30.3 Å². The van der Waals surface area contributed by atoms with Crippen molar-refractivity contribution in [2.24, 2.45) is 0 Å². The molecule has 1 atom stereocenters. The summed E-state index contributed by atoms with van der Waals surface area (Å²) in [6.07, 6.45) is 1.72. The number of aliphatic hydroxyl groups excluding tert-OH is 1. The van der Waals surface area contributed by atoms with Crippen LogP contribution in [0.5, 0.6) is 5.75 Å². The smallest absolute Gasteiger partial charge is 0.141 e. The first-order chi connectivity index (χ1) is 12.2. The van der Waals surface area contributed by atoms with Crippen molar-refractivity contribution >= 4 is 5.69 Å². The highest BCUT2D eigenvalue weighted by molar-refractivity contribution is 5.56. The van der Waals surface area contributed by atoms with Gasteiger partial charge in [0.15, 0.2) is 0 Å². The minimum atomic E-state index is -0.417. The topological polar surface area (TPSA) is 44.7 Å². The Labute approximate surface area is 150 Å². The van der Waals surface area contributed by atoms with Crippen LogP contribution in [0.4, 0.5) is 5.69 Å². The summed E-state index contributed by atoms with van der Waals surface area (Å²) in [7, 11) is 1.70. The number of anilines is 1. The third-order valence-electron chi connectivity index (χ3n) is 4.95. The lowest BCUT2D eigenvalue weighted by Gasteiger charge is -2.34. The Hall–Kier alpha value is -2.04. The Morgan fingerprint density at radius 2 is 1.80 bits per heavy atom. The van der Waals surface area contributed by atoms with Gasteiger partial charge in [0, 0.05) is 25.7 Å². The molecule has 1 fully saturated rings. The first-order valence-electron chi connectivity index (χ1n) is 9.02. The number of nitrogens with one attached hydrogen (secondary N) is 1. The number of likely N-dealkylation sites (tertiary alicyclic amines) is 1. The number of methoxy groups -OCH3 is 1. The quantitative estimate of drug-likeness (QED) is 0.843. The summed E-state index contributed by atoms with van der Waals surface area (Å²) in [6.45, 7) is 4.76. The second kappa shape index (κ2) is 8.37. The van der Waals surface area contributed by atoms with Gasteiger partial charge in [0.05, 0.1) is 18.9 Å². The van der Waals surface area contributed by atoms with Crippen molar-refractivity contribution in [1.82, 2.24) is 4.90 Å². The zero-order chi connectivity index (χ0) is 17.6. The summed E-state index contributed by atoms with van der Waals surface area (Å²) in [5.41, 5.74) is 3.28. The summed E-state index contributed by atoms with van der Waals surface area (Å²) in [5, 5.41) is 14.1. The van der Waals surface area contributed by atoms with E-state index in [-0.39, 0.29) is 0 Å². The molecule has 0 radical (unpaired) electrons. The van der Waals surface area contributed by atoms with E-state index in [2.05, 4.69) is 35.3 Å². The van der Waals surface area contributed by atoms with E-state index < -0.39 is 6.10 Å². The van der Waals surface area contributed by atoms with Crippen molar-refractivity contribution < 1.29 is 9.84 Å². The Balaban J connectivity index is 1.49. The predicted molar refractivity (Wildman–Crippen MR) is 102 cm³/mol. The maximum absolute atomic E-state index is 10.5. The lowest BCUT2D eigenvalue weighted by molar-refractivity contribution is 0.0991. The van der Waals surface area contributed by atoms with Gasteiger partial charge in [-0.1, -0.05) is 42.0 Å². The molecule has 0 bridgehead atoms. The van der Waals surface area contributed by atoms with Crippen molar-refractivity contribution in [1.29, 1.82) is 0 Å². The first-order valence-corrected chi connectivity index (χ1v) is 9.02. The SMILES string of the molecule is COc1ccccc1NC1CCN(CC(O)c2ccc(C)cc2)CC1. The number of rotatable bonds is 6. The van der Waals surface area contributed by atoms with Crippen LogP contribution in [0.3, 0.4) is 0 Å². The van der Waals surface area contributed by atoms with E-state index in [9.17, 15) is 5.11 Å². The van der Waals surface area contributed by atoms with Crippen LogP contribution >= 0.6 is 0 Å². The Kier molecular flexibility index (Phi) is 5.95. The second-order valence-electron chi connectivity index (χ2n) is 6.85. The number of hydrogen-bond acceptors (Lipinski definition) is 4. The normalized spacial score (nSPS) is 17.2. The number of hydrogen-bond donors (Lipinski definition) is 2. The molecule has 2 aromatic carbocycles. The molecule has 0 spiro atoms. The van der Waals surface area contributed by atoms with Gasteiger partial charge in [-0.25, -0.2) is 0 Å². The maximum atomic E-state index is 10.5. The molecule has 134 valence electrons. The van der Waals surface area contributed by atoms with Crippen molar-refractivity contribution in [3.05, 3.63) is 59.7 Å². The van der Waals surface area contributed by atoms with Crippen molar-refractivity contribution in [3.63, 3.8) is 0 Å². The van der Waals surface area contributed by atoms with Crippen LogP contribution in [0.25, 0.3) is 0 Å². The fourth-order valence-corrected chi connectivity index (χ4v) is 3.38. The molecular formula is C21H28N2O2. The predicted octanol–water partition coefficient (Wildman–Crippen LogP) is 3.61. The molecule has 0 aromatic heterocycles. The van der Waals surface area contributed by atoms with Crippen LogP contribution < -0.4 is 10.1 Å². The van der Waals surface area contributed by atoms with E-state index >= 15 is 0 Å². The molecule has 25 heavy (non-hydrogen) atoms. The molecule has 3 rings (SSSR count). The molecule has 1 unspecified atom stereocenters. The van der Waals surface area contributed by atoms with Crippen LogP contribution in [0, 0.1) is 6.92 Å². The number of aliphatic hydroxyl groups is 1. The third-order valence-corrected chi connectivity index (χ3v) is 4.95. The molecule has 1 aliphatic heterocycles. The Morgan fingerprint density at radius 1 is 1.12 bits per heavy atom. The standard InChI is InChI=1S/C21H28N2O2/c1-16-7-9-17(10-8-16)20(24)15-23-13-11-18(12-14-23)22-19-5-3-4-6-21(19)25-2/h3-10,18,20,22,24H,11-15H2,1-2H3. The van der Waals surface area contributed by atoms with Gasteiger partial charge < -0.3 is 20.1 Å². The average molecular weight is 340 g/mol. The summed E-state index contributed by atoms with van der Waals surface area (Å²) >= 11 is 0. The minimum Gasteiger partial charge on any atom is -0.495 e. The number of piperidine rings is 1. The van der Waals surface area contributed by atoms with Crippen molar-refractivity contribution in [2.45, 2.75) is 31.9 Å². The van der Waals surface area contributed by atoms with Crippen LogP contribution in [0.2, 0.25) is 0 Å². The van der Waals surface area contributed by atoms with Crippen molar-refractivity contribution in [2.75, 3.05) is 32.1 Å². The molecule has 0 saturated carbocycles. The maximum Gasteiger partial charge on any atom is 0.141 e. The molecule has 4 heteroatoms. The zero-order valence-corrected chi connectivity index (χ0v) is 15.1. The summed E-state index contributed by atoms with van der Waals surface area (Å²) < 4.78 is 5.41. The number of β-amino-alcohol motifs (C(OH)–C–C–N with tert-alkyl or cyclic N) is 1. The van der Waals surface area contributed by atoms with Crippen LogP contribution in [0.15, 0.2) is 48.5 Å². The summed E-state index contributed by atoms with van der Waals surface area (Å²) in [5.74, 6) is 0.889. The highest BCUT2D eigenvalue weighted by Gasteiger charge is 2.22. The van der Waals surface area contributed by atoms with E-state index in [1.165, 1.54) is 5.56 Å². The fourth-order valence-electron chi connectivity index (χ4n) is 3.38. The highest BCUT2D eigenvalue weighted by Crippen LogP contribution is 2.26. The summed E-state index contributed by atoms with van der Waals surface area (Å²) in [4.78, 5) is 2.35. The molecule has 1 aliphatic rings. The van der Waals surface area contributed by atoms with Gasteiger partial charge in [-0.05, 0) is 37.5 Å². The van der Waals surface area contributed by atoms with E-state index in [1.54, 1.807) is 7.11 Å². The lowest BCUT2D eigenvalue weighted by Crippen LogP contribution is -2.41. The van der Waals surface area contributed by atoms with Crippen LogP contribution in [0.1, 0.15) is 30.1 Å². The molecule has 1 heterocycles. The van der Waals surface area contributed by atoms with E-state index in [0.717, 1.165) is 42.9 Å². The zero-order valence-electron chi connectivity index (χ0n) is 15.1. The van der Waals surface area contributed by atoms with Gasteiger partial charge >= 0.3 is 0 Å². The van der Waals surface area contributed by atoms with E-state index in [4.69, 9.17) is 4.74 Å². The van der Waals surface area contributed by atoms with Gasteiger partial charge in [0.25, 0.3) is 0 Å². The molecule has 4 nitrogen and oxygen atoms in total. The molecular weight excluding hydrogens is 312 g/mol. The molecule has 0 aliphatic carbocycles. The van der Waals surface area contributed by atoms with E-state index in [0.29, 0.717) is 12.6 Å². The van der Waals surface area contributed by atoms with Gasteiger partial charge in [0.2, 0.25) is 0 Å². The van der Waals surface area contributed by atoms with Crippen LogP contribution in [-0.4, -0.2) is 42.8 Å². The fraction of sp³-hybridized carbons (Fsp3) is 0.429. The second-order valence-corrected chi connectivity index (χ2v) is 6.85. The first kappa shape index (κ1) is 17.8. The highest BCUT2D eigenvalue weighted by atomic mass is 16.5. The summed E-state index contributed by atoms with van der Waals surface area (Å²) in [6, 6.07) is 16.7. The van der Waals surface area contributed by atoms with Gasteiger partial charge in [-0.2, -0.15) is 0 Å². The molecule has 0 amide bonds. The Morgan fingerprint density at radius 3 is 2.48 bits per heavy atom. The average Bonchev–Trinajstić information content (AvgIpc) is 2.64. The number of nitrogens with zero attached hydrogens (tertiary/aromatic N) is 1. The Bertz CT molecular complexity index is 664. The van der Waals surface area contributed by atoms with Crippen LogP contribution in [-0.2, 0) is 0 Å². The lowest BCUT2D eigenvalue weighted by atomic mass is 10.0. The molecule has 1 saturated heterocycles. The molecule has 2 N–H and O–H groups in total. The van der Waals surface area contributed by atoms with Gasteiger partial charge in [-0.15, -0.1) is 0 Å². The molecule has 2 aromatic rings. The number of aryl methyl sites for hydroxylation is 1. The van der Waals surface area contributed by atoms with Gasteiger partial charge in [0.1, 0.15) is 5.75 Å². The monoisotopic (exact) mass is 340 g/mol. The van der Waals surface area contributed by atoms with Crippen molar-refractivity contribution in [3.8, 4) is 5.75 Å². The minimum absolute atomic E-state index is 0.417.